The summed E-state index contributed by atoms with van der Waals surface area (Å²) in [5, 5.41) is 5.35. The van der Waals surface area contributed by atoms with Gasteiger partial charge in [0.15, 0.2) is 0 Å². The monoisotopic (exact) mass is 280 g/mol. The maximum atomic E-state index is 11.8. The van der Waals surface area contributed by atoms with Gasteiger partial charge in [-0.1, -0.05) is 0 Å². The maximum Gasteiger partial charge on any atom is 0.251 e. The summed E-state index contributed by atoms with van der Waals surface area (Å²) in [5.41, 5.74) is 6.59. The molecule has 0 bridgehead atoms. The van der Waals surface area contributed by atoms with Gasteiger partial charge in [-0.15, -0.1) is 0 Å². The van der Waals surface area contributed by atoms with E-state index in [1.165, 1.54) is 6.20 Å². The first-order valence-corrected chi connectivity index (χ1v) is 6.36. The van der Waals surface area contributed by atoms with Crippen molar-refractivity contribution in [3.63, 3.8) is 0 Å². The van der Waals surface area contributed by atoms with Gasteiger partial charge >= 0.3 is 0 Å². The average Bonchev–Trinajstić information content (AvgIpc) is 2.47. The summed E-state index contributed by atoms with van der Waals surface area (Å²) in [5.74, 6) is -0.369. The number of nitrogens with zero attached hydrogens (tertiary/aromatic N) is 1. The minimum absolute atomic E-state index is 0.125. The summed E-state index contributed by atoms with van der Waals surface area (Å²) in [4.78, 5) is 27.2. The van der Waals surface area contributed by atoms with Gasteiger partial charge in [0.2, 0.25) is 5.91 Å². The second-order valence-corrected chi connectivity index (χ2v) is 4.09. The Hall–Kier alpha value is -1.99. The molecule has 20 heavy (non-hydrogen) atoms. The van der Waals surface area contributed by atoms with Crippen LogP contribution < -0.4 is 16.4 Å². The Morgan fingerprint density at radius 1 is 1.35 bits per heavy atom. The molecule has 0 spiro atoms. The van der Waals surface area contributed by atoms with Crippen LogP contribution in [-0.4, -0.2) is 43.6 Å². The van der Waals surface area contributed by atoms with Crippen molar-refractivity contribution >= 4 is 11.8 Å². The number of nitrogens with one attached hydrogen (secondary N) is 2. The SMILES string of the molecule is COCCNC(=O)CCNC(=O)c1ccnc(CN)c1. The Balaban J connectivity index is 2.30. The zero-order chi connectivity index (χ0) is 14.8. The number of ether oxygens (including phenoxy) is 1. The zero-order valence-corrected chi connectivity index (χ0v) is 11.5. The number of hydrogen-bond donors (Lipinski definition) is 3. The van der Waals surface area contributed by atoms with E-state index < -0.39 is 0 Å². The third-order valence-electron chi connectivity index (χ3n) is 2.55. The fourth-order valence-electron chi connectivity index (χ4n) is 1.50. The van der Waals surface area contributed by atoms with Crippen LogP contribution in [0.5, 0.6) is 0 Å². The van der Waals surface area contributed by atoms with Gasteiger partial charge in [-0.2, -0.15) is 0 Å². The summed E-state index contributed by atoms with van der Waals surface area (Å²) in [6.45, 7) is 1.49. The van der Waals surface area contributed by atoms with Crippen LogP contribution in [-0.2, 0) is 16.1 Å². The molecule has 4 N–H and O–H groups in total. The molecule has 0 saturated carbocycles. The van der Waals surface area contributed by atoms with E-state index in [0.717, 1.165) is 0 Å². The van der Waals surface area contributed by atoms with Crippen LogP contribution in [0.15, 0.2) is 18.3 Å². The molecule has 7 heteroatoms. The van der Waals surface area contributed by atoms with Crippen LogP contribution >= 0.6 is 0 Å². The maximum absolute atomic E-state index is 11.8. The van der Waals surface area contributed by atoms with Crippen molar-refractivity contribution < 1.29 is 14.3 Å². The third kappa shape index (κ3) is 5.77. The molecule has 0 aromatic carbocycles. The van der Waals surface area contributed by atoms with Crippen molar-refractivity contribution in [3.05, 3.63) is 29.6 Å². The molecule has 0 unspecified atom stereocenters. The molecule has 0 aliphatic rings. The minimum Gasteiger partial charge on any atom is -0.383 e. The fraction of sp³-hybridized carbons (Fsp3) is 0.462. The van der Waals surface area contributed by atoms with Crippen LogP contribution in [0.4, 0.5) is 0 Å². The smallest absolute Gasteiger partial charge is 0.251 e. The summed E-state index contributed by atoms with van der Waals surface area (Å²) in [6, 6.07) is 3.24. The number of carbonyl (C=O) groups excluding carboxylic acids is 2. The standard InChI is InChI=1S/C13H20N4O3/c1-20-7-6-16-12(18)3-5-17-13(19)10-2-4-15-11(8-10)9-14/h2,4,8H,3,5-7,9,14H2,1H3,(H,16,18)(H,17,19). The van der Waals surface area contributed by atoms with E-state index in [1.54, 1.807) is 19.2 Å². The van der Waals surface area contributed by atoms with Crippen LogP contribution in [0.25, 0.3) is 0 Å². The molecule has 0 aliphatic heterocycles. The molecule has 2 amide bonds. The molecule has 1 aromatic heterocycles. The Kier molecular flexibility index (Phi) is 7.23. The van der Waals surface area contributed by atoms with E-state index in [1.807, 2.05) is 0 Å². The molecule has 7 nitrogen and oxygen atoms in total. The van der Waals surface area contributed by atoms with Crippen molar-refractivity contribution in [1.82, 2.24) is 15.6 Å². The van der Waals surface area contributed by atoms with Gasteiger partial charge in [0.25, 0.3) is 5.91 Å². The van der Waals surface area contributed by atoms with E-state index in [4.69, 9.17) is 10.5 Å². The van der Waals surface area contributed by atoms with Gasteiger partial charge in [0.05, 0.1) is 12.3 Å². The lowest BCUT2D eigenvalue weighted by molar-refractivity contribution is -0.121. The topological polar surface area (TPSA) is 106 Å². The highest BCUT2D eigenvalue weighted by Gasteiger charge is 2.07. The lowest BCUT2D eigenvalue weighted by Gasteiger charge is -2.07. The van der Waals surface area contributed by atoms with Gasteiger partial charge in [-0.25, -0.2) is 0 Å². The number of rotatable bonds is 8. The molecule has 1 aromatic rings. The molecule has 1 heterocycles. The highest BCUT2D eigenvalue weighted by molar-refractivity contribution is 5.94. The van der Waals surface area contributed by atoms with Crippen molar-refractivity contribution in [3.8, 4) is 0 Å². The Labute approximate surface area is 117 Å². The number of hydrogen-bond acceptors (Lipinski definition) is 5. The predicted octanol–water partition coefficient (Wildman–Crippen LogP) is -0.577. The molecule has 110 valence electrons. The largest absolute Gasteiger partial charge is 0.383 e. The summed E-state index contributed by atoms with van der Waals surface area (Å²) < 4.78 is 4.81. The van der Waals surface area contributed by atoms with Crippen molar-refractivity contribution in [2.45, 2.75) is 13.0 Å². The number of aromatic nitrogens is 1. The molecule has 1 rings (SSSR count). The van der Waals surface area contributed by atoms with Crippen LogP contribution in [0.2, 0.25) is 0 Å². The van der Waals surface area contributed by atoms with E-state index >= 15 is 0 Å². The Bertz CT molecular complexity index is 451. The Morgan fingerprint density at radius 2 is 2.15 bits per heavy atom. The highest BCUT2D eigenvalue weighted by Crippen LogP contribution is 2.01. The van der Waals surface area contributed by atoms with Crippen molar-refractivity contribution in [2.75, 3.05) is 26.8 Å². The molecular formula is C13H20N4O3. The van der Waals surface area contributed by atoms with E-state index in [2.05, 4.69) is 15.6 Å². The van der Waals surface area contributed by atoms with Gasteiger partial charge in [0, 0.05) is 44.9 Å². The van der Waals surface area contributed by atoms with Crippen LogP contribution in [0.1, 0.15) is 22.5 Å². The first-order valence-electron chi connectivity index (χ1n) is 6.36. The van der Waals surface area contributed by atoms with Crippen LogP contribution in [0, 0.1) is 0 Å². The summed E-state index contributed by atoms with van der Waals surface area (Å²) >= 11 is 0. The lowest BCUT2D eigenvalue weighted by Crippen LogP contribution is -2.32. The quantitative estimate of drug-likeness (QED) is 0.553. The van der Waals surface area contributed by atoms with Crippen LogP contribution in [0.3, 0.4) is 0 Å². The minimum atomic E-state index is -0.244. The van der Waals surface area contributed by atoms with Gasteiger partial charge in [-0.3, -0.25) is 14.6 Å². The molecule has 0 atom stereocenters. The lowest BCUT2D eigenvalue weighted by atomic mass is 10.2. The molecule has 0 aliphatic carbocycles. The van der Waals surface area contributed by atoms with Gasteiger partial charge in [-0.05, 0) is 12.1 Å². The zero-order valence-electron chi connectivity index (χ0n) is 11.5. The predicted molar refractivity (Wildman–Crippen MR) is 74.0 cm³/mol. The van der Waals surface area contributed by atoms with E-state index in [-0.39, 0.29) is 31.3 Å². The molecular weight excluding hydrogens is 260 g/mol. The molecule has 0 saturated heterocycles. The number of carbonyl (C=O) groups is 2. The van der Waals surface area contributed by atoms with E-state index in [0.29, 0.717) is 24.4 Å². The number of pyridine rings is 1. The fourth-order valence-corrected chi connectivity index (χ4v) is 1.50. The molecule has 0 radical (unpaired) electrons. The average molecular weight is 280 g/mol. The second-order valence-electron chi connectivity index (χ2n) is 4.09. The van der Waals surface area contributed by atoms with Crippen molar-refractivity contribution in [2.24, 2.45) is 5.73 Å². The highest BCUT2D eigenvalue weighted by atomic mass is 16.5. The van der Waals surface area contributed by atoms with Gasteiger partial charge in [0.1, 0.15) is 0 Å². The number of amides is 2. The summed E-state index contributed by atoms with van der Waals surface area (Å²) in [7, 11) is 1.57. The first kappa shape index (κ1) is 16.1. The third-order valence-corrected chi connectivity index (χ3v) is 2.55. The second kappa shape index (κ2) is 9.00. The van der Waals surface area contributed by atoms with E-state index in [9.17, 15) is 9.59 Å². The number of methoxy groups -OCH3 is 1. The summed E-state index contributed by atoms with van der Waals surface area (Å²) in [6.07, 6.45) is 1.76. The number of nitrogens with two attached hydrogens (primary N) is 1. The Morgan fingerprint density at radius 3 is 2.85 bits per heavy atom. The first-order chi connectivity index (χ1) is 9.67. The molecule has 0 fully saturated rings. The van der Waals surface area contributed by atoms with Gasteiger partial charge < -0.3 is 21.1 Å². The normalized spacial score (nSPS) is 10.1. The van der Waals surface area contributed by atoms with Crippen molar-refractivity contribution in [1.29, 1.82) is 0 Å².